The van der Waals surface area contributed by atoms with Crippen molar-refractivity contribution in [3.63, 3.8) is 0 Å². The molecular weight excluding hydrogens is 294 g/mol. The zero-order valence-corrected chi connectivity index (χ0v) is 15.0. The Labute approximate surface area is 147 Å². The smallest absolute Gasteiger partial charge is 0.123 e. The Morgan fingerprint density at radius 3 is 2.42 bits per heavy atom. The fraction of sp³-hybridized carbons (Fsp3) is 0.455. The Kier molecular flexibility index (Phi) is 9.03. The quantitative estimate of drug-likeness (QED) is 0.530. The van der Waals surface area contributed by atoms with Crippen LogP contribution in [0, 0.1) is 0 Å². The summed E-state index contributed by atoms with van der Waals surface area (Å²) in [6.45, 7) is 4.91. The van der Waals surface area contributed by atoms with Crippen molar-refractivity contribution in [2.24, 2.45) is 0 Å². The average molecular weight is 325 g/mol. The minimum Gasteiger partial charge on any atom is -0.493 e. The number of nitrogens with one attached hydrogen (secondary N) is 1. The molecule has 130 valence electrons. The molecule has 0 aromatic heterocycles. The molecule has 2 heteroatoms. The second kappa shape index (κ2) is 11.7. The van der Waals surface area contributed by atoms with E-state index in [1.54, 1.807) is 0 Å². The Hall–Kier alpha value is -1.80. The molecule has 2 nitrogen and oxygen atoms in total. The summed E-state index contributed by atoms with van der Waals surface area (Å²) in [7, 11) is 0. The van der Waals surface area contributed by atoms with Crippen molar-refractivity contribution in [1.82, 2.24) is 5.32 Å². The third-order valence-electron chi connectivity index (χ3n) is 4.23. The van der Waals surface area contributed by atoms with Gasteiger partial charge in [-0.05, 0) is 31.0 Å². The summed E-state index contributed by atoms with van der Waals surface area (Å²) in [6.07, 6.45) is 7.42. The van der Waals surface area contributed by atoms with Crippen molar-refractivity contribution in [2.45, 2.75) is 52.0 Å². The van der Waals surface area contributed by atoms with Gasteiger partial charge >= 0.3 is 0 Å². The van der Waals surface area contributed by atoms with E-state index in [0.29, 0.717) is 0 Å². The molecule has 0 aliphatic heterocycles. The van der Waals surface area contributed by atoms with Crippen molar-refractivity contribution in [2.75, 3.05) is 13.2 Å². The molecule has 0 bridgehead atoms. The van der Waals surface area contributed by atoms with Crippen LogP contribution < -0.4 is 10.1 Å². The molecule has 0 spiro atoms. The van der Waals surface area contributed by atoms with Gasteiger partial charge in [0.15, 0.2) is 0 Å². The van der Waals surface area contributed by atoms with Gasteiger partial charge in [-0.15, -0.1) is 0 Å². The fourth-order valence-corrected chi connectivity index (χ4v) is 2.78. The standard InChI is InChI=1S/C22H31NO/c1-2-3-4-5-11-18-24-22-15-10-9-14-21(22)19-23-17-16-20-12-7-6-8-13-20/h6-10,12-15,23H,2-5,11,16-19H2,1H3. The lowest BCUT2D eigenvalue weighted by molar-refractivity contribution is 0.301. The number of benzene rings is 2. The van der Waals surface area contributed by atoms with Gasteiger partial charge in [0.1, 0.15) is 5.75 Å². The summed E-state index contributed by atoms with van der Waals surface area (Å²) in [4.78, 5) is 0. The molecule has 0 radical (unpaired) electrons. The highest BCUT2D eigenvalue weighted by Gasteiger charge is 2.02. The van der Waals surface area contributed by atoms with Crippen LogP contribution in [0.25, 0.3) is 0 Å². The number of hydrogen-bond acceptors (Lipinski definition) is 2. The lowest BCUT2D eigenvalue weighted by Gasteiger charge is -2.12. The Bertz CT molecular complexity index is 553. The van der Waals surface area contributed by atoms with Crippen molar-refractivity contribution in [1.29, 1.82) is 0 Å². The predicted molar refractivity (Wildman–Crippen MR) is 103 cm³/mol. The Morgan fingerprint density at radius 1 is 0.833 bits per heavy atom. The number of para-hydroxylation sites is 1. The van der Waals surface area contributed by atoms with E-state index in [2.05, 4.69) is 66.8 Å². The van der Waals surface area contributed by atoms with Crippen LogP contribution in [-0.4, -0.2) is 13.2 Å². The minimum atomic E-state index is 0.824. The maximum atomic E-state index is 5.99. The van der Waals surface area contributed by atoms with Gasteiger partial charge in [0.05, 0.1) is 6.61 Å². The maximum Gasteiger partial charge on any atom is 0.123 e. The normalized spacial score (nSPS) is 10.7. The van der Waals surface area contributed by atoms with E-state index in [4.69, 9.17) is 4.74 Å². The summed E-state index contributed by atoms with van der Waals surface area (Å²) in [6, 6.07) is 19.0. The molecule has 0 atom stereocenters. The van der Waals surface area contributed by atoms with Gasteiger partial charge in [0.2, 0.25) is 0 Å². The Balaban J connectivity index is 1.68. The predicted octanol–water partition coefficient (Wildman–Crippen LogP) is 5.37. The van der Waals surface area contributed by atoms with E-state index in [0.717, 1.165) is 38.3 Å². The summed E-state index contributed by atoms with van der Waals surface area (Å²) >= 11 is 0. The van der Waals surface area contributed by atoms with Crippen molar-refractivity contribution in [3.8, 4) is 5.75 Å². The highest BCUT2D eigenvalue weighted by Crippen LogP contribution is 2.18. The number of ether oxygens (including phenoxy) is 1. The van der Waals surface area contributed by atoms with Gasteiger partial charge in [0, 0.05) is 12.1 Å². The van der Waals surface area contributed by atoms with Crippen LogP contribution in [0.5, 0.6) is 5.75 Å². The van der Waals surface area contributed by atoms with Crippen LogP contribution in [0.4, 0.5) is 0 Å². The molecule has 0 saturated carbocycles. The van der Waals surface area contributed by atoms with E-state index in [9.17, 15) is 0 Å². The molecule has 2 aromatic carbocycles. The van der Waals surface area contributed by atoms with Crippen molar-refractivity contribution >= 4 is 0 Å². The summed E-state index contributed by atoms with van der Waals surface area (Å²) in [5, 5.41) is 3.53. The first-order chi connectivity index (χ1) is 11.9. The third-order valence-corrected chi connectivity index (χ3v) is 4.23. The molecule has 24 heavy (non-hydrogen) atoms. The van der Waals surface area contributed by atoms with Crippen LogP contribution in [0.3, 0.4) is 0 Å². The first kappa shape index (κ1) is 18.5. The largest absolute Gasteiger partial charge is 0.493 e. The van der Waals surface area contributed by atoms with Crippen molar-refractivity contribution in [3.05, 3.63) is 65.7 Å². The zero-order valence-electron chi connectivity index (χ0n) is 15.0. The number of rotatable bonds is 12. The summed E-state index contributed by atoms with van der Waals surface area (Å²) in [5.41, 5.74) is 2.63. The number of hydrogen-bond donors (Lipinski definition) is 1. The molecule has 0 aliphatic carbocycles. The Morgan fingerprint density at radius 2 is 1.58 bits per heavy atom. The molecule has 0 aliphatic rings. The van der Waals surface area contributed by atoms with Gasteiger partial charge in [-0.3, -0.25) is 0 Å². The van der Waals surface area contributed by atoms with E-state index >= 15 is 0 Å². The highest BCUT2D eigenvalue weighted by atomic mass is 16.5. The molecule has 0 unspecified atom stereocenters. The topological polar surface area (TPSA) is 21.3 Å². The van der Waals surface area contributed by atoms with Crippen LogP contribution in [0.2, 0.25) is 0 Å². The second-order valence-corrected chi connectivity index (χ2v) is 6.28. The lowest BCUT2D eigenvalue weighted by atomic mass is 10.1. The first-order valence-corrected chi connectivity index (χ1v) is 9.35. The SMILES string of the molecule is CCCCCCCOc1ccccc1CNCCc1ccccc1. The lowest BCUT2D eigenvalue weighted by Crippen LogP contribution is -2.17. The van der Waals surface area contributed by atoms with E-state index < -0.39 is 0 Å². The van der Waals surface area contributed by atoms with Crippen LogP contribution in [0.1, 0.15) is 50.2 Å². The van der Waals surface area contributed by atoms with Crippen LogP contribution in [-0.2, 0) is 13.0 Å². The monoisotopic (exact) mass is 325 g/mol. The van der Waals surface area contributed by atoms with E-state index in [1.165, 1.54) is 36.8 Å². The molecule has 0 fully saturated rings. The number of unbranched alkanes of at least 4 members (excludes halogenated alkanes) is 4. The van der Waals surface area contributed by atoms with Crippen LogP contribution >= 0.6 is 0 Å². The average Bonchev–Trinajstić information content (AvgIpc) is 2.63. The van der Waals surface area contributed by atoms with Gasteiger partial charge in [-0.25, -0.2) is 0 Å². The van der Waals surface area contributed by atoms with Gasteiger partial charge in [0.25, 0.3) is 0 Å². The molecule has 0 amide bonds. The third kappa shape index (κ3) is 7.18. The van der Waals surface area contributed by atoms with Gasteiger partial charge < -0.3 is 10.1 Å². The molecule has 1 N–H and O–H groups in total. The minimum absolute atomic E-state index is 0.824. The molecule has 0 saturated heterocycles. The van der Waals surface area contributed by atoms with E-state index in [-0.39, 0.29) is 0 Å². The molecule has 2 aromatic rings. The molecule has 2 rings (SSSR count). The summed E-state index contributed by atoms with van der Waals surface area (Å²) in [5.74, 6) is 1.03. The second-order valence-electron chi connectivity index (χ2n) is 6.28. The van der Waals surface area contributed by atoms with E-state index in [1.807, 2.05) is 0 Å². The van der Waals surface area contributed by atoms with Gasteiger partial charge in [-0.1, -0.05) is 81.1 Å². The summed E-state index contributed by atoms with van der Waals surface area (Å²) < 4.78 is 5.99. The first-order valence-electron chi connectivity index (χ1n) is 9.35. The maximum absolute atomic E-state index is 5.99. The van der Waals surface area contributed by atoms with Gasteiger partial charge in [-0.2, -0.15) is 0 Å². The molecule has 0 heterocycles. The zero-order chi connectivity index (χ0) is 16.9. The van der Waals surface area contributed by atoms with Crippen LogP contribution in [0.15, 0.2) is 54.6 Å². The fourth-order valence-electron chi connectivity index (χ4n) is 2.78. The van der Waals surface area contributed by atoms with Crippen molar-refractivity contribution < 1.29 is 4.74 Å². The highest BCUT2D eigenvalue weighted by molar-refractivity contribution is 5.33. The molecular formula is C22H31NO.